The minimum absolute atomic E-state index is 0.511. The van der Waals surface area contributed by atoms with Gasteiger partial charge in [0, 0.05) is 5.39 Å². The van der Waals surface area contributed by atoms with Crippen molar-refractivity contribution in [3.05, 3.63) is 47.9 Å². The number of hydrogen-bond donors (Lipinski definition) is 0. The largest absolute Gasteiger partial charge is 0.236 e. The van der Waals surface area contributed by atoms with Gasteiger partial charge in [-0.05, 0) is 16.8 Å². The van der Waals surface area contributed by atoms with E-state index in [1.807, 2.05) is 30.3 Å². The molecule has 3 heteroatoms. The predicted octanol–water partition coefficient (Wildman–Crippen LogP) is 3.44. The summed E-state index contributed by atoms with van der Waals surface area (Å²) in [6.07, 6.45) is 1.49. The van der Waals surface area contributed by atoms with Gasteiger partial charge in [-0.15, -0.1) is 0 Å². The summed E-state index contributed by atoms with van der Waals surface area (Å²) in [5.74, 6) is 0. The Morgan fingerprint density at radius 3 is 2.73 bits per heavy atom. The molecule has 0 bridgehead atoms. The molecule has 0 aliphatic carbocycles. The van der Waals surface area contributed by atoms with Crippen LogP contribution in [0.4, 0.5) is 0 Å². The van der Waals surface area contributed by atoms with E-state index in [4.69, 9.17) is 11.6 Å². The summed E-state index contributed by atoms with van der Waals surface area (Å²) < 4.78 is 0. The molecule has 0 N–H and O–H groups in total. The van der Waals surface area contributed by atoms with E-state index in [1.54, 1.807) is 0 Å². The summed E-state index contributed by atoms with van der Waals surface area (Å²) in [4.78, 5) is 8.21. The summed E-state index contributed by atoms with van der Waals surface area (Å²) in [7, 11) is 0. The van der Waals surface area contributed by atoms with Crippen LogP contribution in [0.3, 0.4) is 0 Å². The van der Waals surface area contributed by atoms with Gasteiger partial charge in [0.05, 0.1) is 5.52 Å². The number of nitrogens with zero attached hydrogens (tertiary/aromatic N) is 2. The summed E-state index contributed by atoms with van der Waals surface area (Å²) in [5.41, 5.74) is 0.883. The Labute approximate surface area is 91.5 Å². The molecule has 0 amide bonds. The fraction of sp³-hybridized carbons (Fsp3) is 0. The molecule has 15 heavy (non-hydrogen) atoms. The van der Waals surface area contributed by atoms with E-state index >= 15 is 0 Å². The standard InChI is InChI=1S/C12H7ClN2/c13-12-11-9-4-2-1-3-8(9)5-6-10(11)14-7-15-12/h1-7H. The molecule has 0 saturated heterocycles. The SMILES string of the molecule is Clc1ncnc2ccc3ccccc3c12. The Hall–Kier alpha value is -1.67. The first-order valence-electron chi connectivity index (χ1n) is 4.64. The van der Waals surface area contributed by atoms with Crippen LogP contribution < -0.4 is 0 Å². The highest BCUT2D eigenvalue weighted by atomic mass is 35.5. The van der Waals surface area contributed by atoms with Crippen LogP contribution in [0.15, 0.2) is 42.7 Å². The molecule has 2 nitrogen and oxygen atoms in total. The molecule has 1 heterocycles. The van der Waals surface area contributed by atoms with Crippen molar-refractivity contribution >= 4 is 33.3 Å². The lowest BCUT2D eigenvalue weighted by Crippen LogP contribution is -1.85. The fourth-order valence-corrected chi connectivity index (χ4v) is 2.03. The molecule has 3 rings (SSSR count). The minimum atomic E-state index is 0.511. The molecular weight excluding hydrogens is 208 g/mol. The van der Waals surface area contributed by atoms with E-state index in [2.05, 4.69) is 16.0 Å². The maximum atomic E-state index is 6.08. The van der Waals surface area contributed by atoms with Crippen molar-refractivity contribution in [3.8, 4) is 0 Å². The van der Waals surface area contributed by atoms with Crippen LogP contribution in [-0.2, 0) is 0 Å². The molecule has 0 radical (unpaired) electrons. The molecule has 2 aromatic carbocycles. The van der Waals surface area contributed by atoms with Crippen LogP contribution in [0.5, 0.6) is 0 Å². The Morgan fingerprint density at radius 2 is 1.80 bits per heavy atom. The smallest absolute Gasteiger partial charge is 0.140 e. The van der Waals surface area contributed by atoms with Crippen LogP contribution >= 0.6 is 11.6 Å². The molecule has 0 spiro atoms. The van der Waals surface area contributed by atoms with Gasteiger partial charge in [0.2, 0.25) is 0 Å². The zero-order chi connectivity index (χ0) is 10.3. The third-order valence-electron chi connectivity index (χ3n) is 2.48. The Bertz CT molecular complexity index is 649. The number of hydrogen-bond acceptors (Lipinski definition) is 2. The first kappa shape index (κ1) is 8.62. The fourth-order valence-electron chi connectivity index (χ4n) is 1.79. The second-order valence-electron chi connectivity index (χ2n) is 3.35. The van der Waals surface area contributed by atoms with Crippen LogP contribution in [0.2, 0.25) is 5.15 Å². The average molecular weight is 215 g/mol. The van der Waals surface area contributed by atoms with Crippen LogP contribution in [-0.4, -0.2) is 9.97 Å². The Balaban J connectivity index is 2.64. The van der Waals surface area contributed by atoms with Gasteiger partial charge in [-0.1, -0.05) is 41.9 Å². The van der Waals surface area contributed by atoms with E-state index in [0.29, 0.717) is 5.15 Å². The van der Waals surface area contributed by atoms with Crippen molar-refractivity contribution in [3.63, 3.8) is 0 Å². The highest BCUT2D eigenvalue weighted by Crippen LogP contribution is 2.27. The normalized spacial score (nSPS) is 11.0. The van der Waals surface area contributed by atoms with Crippen molar-refractivity contribution in [1.29, 1.82) is 0 Å². The first-order valence-corrected chi connectivity index (χ1v) is 5.02. The second-order valence-corrected chi connectivity index (χ2v) is 3.70. The lowest BCUT2D eigenvalue weighted by atomic mass is 10.1. The van der Waals surface area contributed by atoms with E-state index < -0.39 is 0 Å². The highest BCUT2D eigenvalue weighted by Gasteiger charge is 2.04. The third-order valence-corrected chi connectivity index (χ3v) is 2.77. The topological polar surface area (TPSA) is 25.8 Å². The number of benzene rings is 2. The van der Waals surface area contributed by atoms with Crippen molar-refractivity contribution in [2.24, 2.45) is 0 Å². The first-order chi connectivity index (χ1) is 7.36. The Kier molecular flexibility index (Phi) is 1.82. The minimum Gasteiger partial charge on any atom is -0.236 e. The van der Waals surface area contributed by atoms with Crippen LogP contribution in [0, 0.1) is 0 Å². The van der Waals surface area contributed by atoms with Gasteiger partial charge in [-0.2, -0.15) is 0 Å². The summed E-state index contributed by atoms with van der Waals surface area (Å²) in [5, 5.41) is 3.69. The predicted molar refractivity (Wildman–Crippen MR) is 62.1 cm³/mol. The van der Waals surface area contributed by atoms with Crippen molar-refractivity contribution in [1.82, 2.24) is 9.97 Å². The molecule has 0 fully saturated rings. The van der Waals surface area contributed by atoms with Gasteiger partial charge in [0.15, 0.2) is 0 Å². The number of aromatic nitrogens is 2. The van der Waals surface area contributed by atoms with E-state index in [9.17, 15) is 0 Å². The van der Waals surface area contributed by atoms with Crippen LogP contribution in [0.1, 0.15) is 0 Å². The van der Waals surface area contributed by atoms with Gasteiger partial charge in [-0.25, -0.2) is 9.97 Å². The summed E-state index contributed by atoms with van der Waals surface area (Å²) >= 11 is 6.08. The maximum Gasteiger partial charge on any atom is 0.140 e. The van der Waals surface area contributed by atoms with Gasteiger partial charge >= 0.3 is 0 Å². The zero-order valence-corrected chi connectivity index (χ0v) is 8.57. The van der Waals surface area contributed by atoms with Crippen molar-refractivity contribution in [2.45, 2.75) is 0 Å². The zero-order valence-electron chi connectivity index (χ0n) is 7.81. The number of fused-ring (bicyclic) bond motifs is 3. The lowest BCUT2D eigenvalue weighted by molar-refractivity contribution is 1.23. The lowest BCUT2D eigenvalue weighted by Gasteiger charge is -2.03. The molecule has 0 saturated carbocycles. The molecule has 0 unspecified atom stereocenters. The van der Waals surface area contributed by atoms with Gasteiger partial charge in [-0.3, -0.25) is 0 Å². The van der Waals surface area contributed by atoms with Gasteiger partial charge < -0.3 is 0 Å². The quantitative estimate of drug-likeness (QED) is 0.423. The van der Waals surface area contributed by atoms with E-state index in [1.165, 1.54) is 6.33 Å². The maximum absolute atomic E-state index is 6.08. The van der Waals surface area contributed by atoms with E-state index in [0.717, 1.165) is 21.7 Å². The average Bonchev–Trinajstić information content (AvgIpc) is 2.29. The molecule has 72 valence electrons. The van der Waals surface area contributed by atoms with Crippen LogP contribution in [0.25, 0.3) is 21.7 Å². The molecule has 0 aliphatic heterocycles. The highest BCUT2D eigenvalue weighted by molar-refractivity contribution is 6.36. The molecule has 3 aromatic rings. The van der Waals surface area contributed by atoms with Crippen molar-refractivity contribution < 1.29 is 0 Å². The second kappa shape index (κ2) is 3.17. The van der Waals surface area contributed by atoms with Gasteiger partial charge in [0.1, 0.15) is 11.5 Å². The molecular formula is C12H7ClN2. The van der Waals surface area contributed by atoms with Gasteiger partial charge in [0.25, 0.3) is 0 Å². The third kappa shape index (κ3) is 1.26. The monoisotopic (exact) mass is 214 g/mol. The number of rotatable bonds is 0. The molecule has 1 aromatic heterocycles. The molecule has 0 atom stereocenters. The number of halogens is 1. The summed E-state index contributed by atoms with van der Waals surface area (Å²) in [6, 6.07) is 12.1. The molecule has 0 aliphatic rings. The van der Waals surface area contributed by atoms with E-state index in [-0.39, 0.29) is 0 Å². The summed E-state index contributed by atoms with van der Waals surface area (Å²) in [6.45, 7) is 0. The Morgan fingerprint density at radius 1 is 0.933 bits per heavy atom. The van der Waals surface area contributed by atoms with Crippen molar-refractivity contribution in [2.75, 3.05) is 0 Å².